The van der Waals surface area contributed by atoms with Crippen molar-refractivity contribution in [2.45, 2.75) is 33.6 Å². The summed E-state index contributed by atoms with van der Waals surface area (Å²) >= 11 is 3.43. The van der Waals surface area contributed by atoms with E-state index >= 15 is 0 Å². The van der Waals surface area contributed by atoms with E-state index in [1.54, 1.807) is 6.20 Å². The smallest absolute Gasteiger partial charge is 0.257 e. The van der Waals surface area contributed by atoms with Crippen LogP contribution in [0.2, 0.25) is 0 Å². The minimum absolute atomic E-state index is 0.0737. The first-order chi connectivity index (χ1) is 10.6. The predicted octanol–water partition coefficient (Wildman–Crippen LogP) is 4.21. The van der Waals surface area contributed by atoms with Gasteiger partial charge in [-0.1, -0.05) is 29.8 Å². The molecule has 0 atom stereocenters. The third kappa shape index (κ3) is 3.58. The highest BCUT2D eigenvalue weighted by Gasteiger charge is 2.20. The van der Waals surface area contributed by atoms with E-state index in [1.165, 1.54) is 0 Å². The van der Waals surface area contributed by atoms with Crippen LogP contribution in [-0.4, -0.2) is 33.7 Å². The topological polar surface area (TPSA) is 38.1 Å². The number of amides is 1. The number of hydrogen-bond donors (Lipinski definition) is 0. The van der Waals surface area contributed by atoms with Crippen LogP contribution in [0.3, 0.4) is 0 Å². The van der Waals surface area contributed by atoms with Crippen molar-refractivity contribution in [2.75, 3.05) is 13.1 Å². The third-order valence-corrected chi connectivity index (χ3v) is 4.11. The fraction of sp³-hybridized carbons (Fsp3) is 0.412. The van der Waals surface area contributed by atoms with E-state index in [4.69, 9.17) is 0 Å². The summed E-state index contributed by atoms with van der Waals surface area (Å²) in [5, 5.41) is 4.39. The molecular weight excluding hydrogens is 342 g/mol. The van der Waals surface area contributed by atoms with Crippen LogP contribution in [0, 0.1) is 6.92 Å². The minimum atomic E-state index is 0.0737. The van der Waals surface area contributed by atoms with E-state index in [9.17, 15) is 4.79 Å². The fourth-order valence-electron chi connectivity index (χ4n) is 2.49. The molecule has 0 bridgehead atoms. The maximum Gasteiger partial charge on any atom is 0.257 e. The Labute approximate surface area is 140 Å². The number of rotatable bonds is 6. The van der Waals surface area contributed by atoms with Crippen molar-refractivity contribution in [3.63, 3.8) is 0 Å². The summed E-state index contributed by atoms with van der Waals surface area (Å²) in [6.07, 6.45) is 3.61. The zero-order valence-electron chi connectivity index (χ0n) is 13.3. The van der Waals surface area contributed by atoms with Crippen LogP contribution in [0.15, 0.2) is 34.9 Å². The standard InChI is InChI=1S/C17H22BrN3O/c1-4-10-20(11-5-2)17(22)16-12-19-21(13(16)3)15-8-6-14(18)7-9-15/h6-9,12H,4-5,10-11H2,1-3H3. The zero-order valence-corrected chi connectivity index (χ0v) is 14.9. The van der Waals surface area contributed by atoms with Gasteiger partial charge in [0.25, 0.3) is 5.91 Å². The van der Waals surface area contributed by atoms with Gasteiger partial charge in [-0.25, -0.2) is 4.68 Å². The molecule has 0 aliphatic carbocycles. The monoisotopic (exact) mass is 363 g/mol. The number of carbonyl (C=O) groups is 1. The molecule has 5 heteroatoms. The Balaban J connectivity index is 2.30. The molecule has 0 aliphatic heterocycles. The molecule has 1 aromatic heterocycles. The lowest BCUT2D eigenvalue weighted by Crippen LogP contribution is -2.32. The lowest BCUT2D eigenvalue weighted by molar-refractivity contribution is 0.0755. The molecule has 0 N–H and O–H groups in total. The van der Waals surface area contributed by atoms with Gasteiger partial charge in [-0.2, -0.15) is 5.10 Å². The maximum absolute atomic E-state index is 12.7. The maximum atomic E-state index is 12.7. The second kappa shape index (κ2) is 7.58. The van der Waals surface area contributed by atoms with Crippen LogP contribution >= 0.6 is 15.9 Å². The Morgan fingerprint density at radius 2 is 1.77 bits per heavy atom. The van der Waals surface area contributed by atoms with Crippen LogP contribution < -0.4 is 0 Å². The van der Waals surface area contributed by atoms with Crippen molar-refractivity contribution in [3.05, 3.63) is 46.2 Å². The van der Waals surface area contributed by atoms with Gasteiger partial charge < -0.3 is 4.90 Å². The summed E-state index contributed by atoms with van der Waals surface area (Å²) in [6.45, 7) is 7.70. The molecule has 0 aliphatic rings. The van der Waals surface area contributed by atoms with Crippen molar-refractivity contribution in [2.24, 2.45) is 0 Å². The highest BCUT2D eigenvalue weighted by molar-refractivity contribution is 9.10. The van der Waals surface area contributed by atoms with Gasteiger partial charge in [0.15, 0.2) is 0 Å². The molecule has 22 heavy (non-hydrogen) atoms. The van der Waals surface area contributed by atoms with Crippen molar-refractivity contribution in [1.82, 2.24) is 14.7 Å². The zero-order chi connectivity index (χ0) is 16.1. The van der Waals surface area contributed by atoms with Crippen molar-refractivity contribution in [1.29, 1.82) is 0 Å². The molecular formula is C17H22BrN3O. The van der Waals surface area contributed by atoms with Gasteiger partial charge in [-0.05, 0) is 44.0 Å². The summed E-state index contributed by atoms with van der Waals surface area (Å²) in [5.74, 6) is 0.0737. The molecule has 1 amide bonds. The van der Waals surface area contributed by atoms with Gasteiger partial charge in [-0.3, -0.25) is 4.79 Å². The Morgan fingerprint density at radius 1 is 1.18 bits per heavy atom. The SMILES string of the molecule is CCCN(CCC)C(=O)c1cnn(-c2ccc(Br)cc2)c1C. The van der Waals surface area contributed by atoms with E-state index < -0.39 is 0 Å². The molecule has 0 unspecified atom stereocenters. The number of hydrogen-bond acceptors (Lipinski definition) is 2. The van der Waals surface area contributed by atoms with E-state index in [0.29, 0.717) is 5.56 Å². The van der Waals surface area contributed by atoms with Gasteiger partial charge >= 0.3 is 0 Å². The summed E-state index contributed by atoms with van der Waals surface area (Å²) in [4.78, 5) is 14.6. The largest absolute Gasteiger partial charge is 0.339 e. The van der Waals surface area contributed by atoms with E-state index in [-0.39, 0.29) is 5.91 Å². The Kier molecular flexibility index (Phi) is 5.77. The summed E-state index contributed by atoms with van der Waals surface area (Å²) in [5.41, 5.74) is 2.52. The van der Waals surface area contributed by atoms with Crippen LogP contribution in [-0.2, 0) is 0 Å². The van der Waals surface area contributed by atoms with Gasteiger partial charge in [0.1, 0.15) is 0 Å². The van der Waals surface area contributed by atoms with E-state index in [2.05, 4.69) is 34.9 Å². The Hall–Kier alpha value is -1.62. The molecule has 0 fully saturated rings. The molecule has 1 heterocycles. The lowest BCUT2D eigenvalue weighted by atomic mass is 10.2. The first-order valence-electron chi connectivity index (χ1n) is 7.68. The molecule has 1 aromatic carbocycles. The molecule has 2 rings (SSSR count). The molecule has 0 radical (unpaired) electrons. The van der Waals surface area contributed by atoms with Gasteiger partial charge in [0.2, 0.25) is 0 Å². The highest BCUT2D eigenvalue weighted by Crippen LogP contribution is 2.18. The Morgan fingerprint density at radius 3 is 2.32 bits per heavy atom. The number of aromatic nitrogens is 2. The van der Waals surface area contributed by atoms with Crippen molar-refractivity contribution >= 4 is 21.8 Å². The molecule has 0 spiro atoms. The van der Waals surface area contributed by atoms with Crippen LogP contribution in [0.4, 0.5) is 0 Å². The van der Waals surface area contributed by atoms with Crippen molar-refractivity contribution in [3.8, 4) is 5.69 Å². The second-order valence-electron chi connectivity index (χ2n) is 5.32. The number of carbonyl (C=O) groups excluding carboxylic acids is 1. The Bertz CT molecular complexity index is 628. The van der Waals surface area contributed by atoms with Gasteiger partial charge in [0.05, 0.1) is 23.1 Å². The molecule has 118 valence electrons. The number of nitrogens with zero attached hydrogens (tertiary/aromatic N) is 3. The molecule has 2 aromatic rings. The van der Waals surface area contributed by atoms with Crippen molar-refractivity contribution < 1.29 is 4.79 Å². The average molecular weight is 364 g/mol. The lowest BCUT2D eigenvalue weighted by Gasteiger charge is -2.21. The van der Waals surface area contributed by atoms with E-state index in [1.807, 2.05) is 40.8 Å². The first-order valence-corrected chi connectivity index (χ1v) is 8.47. The fourth-order valence-corrected chi connectivity index (χ4v) is 2.75. The minimum Gasteiger partial charge on any atom is -0.339 e. The van der Waals surface area contributed by atoms with E-state index in [0.717, 1.165) is 41.8 Å². The summed E-state index contributed by atoms with van der Waals surface area (Å²) in [6, 6.07) is 7.90. The molecule has 0 saturated carbocycles. The third-order valence-electron chi connectivity index (χ3n) is 3.59. The normalized spacial score (nSPS) is 10.7. The summed E-state index contributed by atoms with van der Waals surface area (Å²) < 4.78 is 2.84. The predicted molar refractivity (Wildman–Crippen MR) is 92.5 cm³/mol. The van der Waals surface area contributed by atoms with Gasteiger partial charge in [0, 0.05) is 17.6 Å². The number of benzene rings is 1. The van der Waals surface area contributed by atoms with Crippen LogP contribution in [0.25, 0.3) is 5.69 Å². The second-order valence-corrected chi connectivity index (χ2v) is 6.24. The number of halogens is 1. The summed E-state index contributed by atoms with van der Waals surface area (Å²) in [7, 11) is 0. The average Bonchev–Trinajstić information content (AvgIpc) is 2.89. The molecule has 0 saturated heterocycles. The van der Waals surface area contributed by atoms with Gasteiger partial charge in [-0.15, -0.1) is 0 Å². The quantitative estimate of drug-likeness (QED) is 0.770. The highest BCUT2D eigenvalue weighted by atomic mass is 79.9. The molecule has 4 nitrogen and oxygen atoms in total. The van der Waals surface area contributed by atoms with Crippen LogP contribution in [0.1, 0.15) is 42.7 Å². The van der Waals surface area contributed by atoms with Crippen LogP contribution in [0.5, 0.6) is 0 Å². The first kappa shape index (κ1) is 16.7.